The van der Waals surface area contributed by atoms with Crippen LogP contribution in [0.4, 0.5) is 10.1 Å². The van der Waals surface area contributed by atoms with Gasteiger partial charge in [0.15, 0.2) is 5.78 Å². The number of ketones is 1. The first kappa shape index (κ1) is 9.89. The fourth-order valence-corrected chi connectivity index (χ4v) is 2.39. The van der Waals surface area contributed by atoms with Gasteiger partial charge >= 0.3 is 0 Å². The minimum atomic E-state index is -0.233. The zero-order valence-electron chi connectivity index (χ0n) is 7.46. The molecular formula is C10H9FINO. The standard InChI is InChI=1S/C10H9FINO/c11-7-1-2-10(9(12)5-7)13-4-3-8(14)6-13/h1-2,5H,3-4,6H2. The number of carbonyl (C=O) groups is 1. The Balaban J connectivity index is 2.28. The van der Waals surface area contributed by atoms with E-state index in [0.29, 0.717) is 13.0 Å². The molecule has 0 bridgehead atoms. The van der Waals surface area contributed by atoms with Gasteiger partial charge in [0.2, 0.25) is 0 Å². The van der Waals surface area contributed by atoms with Gasteiger partial charge in [0, 0.05) is 16.5 Å². The fraction of sp³-hybridized carbons (Fsp3) is 0.300. The molecule has 2 rings (SSSR count). The molecule has 0 aliphatic carbocycles. The maximum Gasteiger partial charge on any atom is 0.153 e. The summed E-state index contributed by atoms with van der Waals surface area (Å²) in [6.45, 7) is 1.21. The van der Waals surface area contributed by atoms with Crippen molar-refractivity contribution in [3.05, 3.63) is 27.6 Å². The average Bonchev–Trinajstić information content (AvgIpc) is 2.51. The van der Waals surface area contributed by atoms with Crippen LogP contribution in [0.1, 0.15) is 6.42 Å². The summed E-state index contributed by atoms with van der Waals surface area (Å²) in [5, 5.41) is 0. The molecule has 0 spiro atoms. The highest BCUT2D eigenvalue weighted by atomic mass is 127. The Morgan fingerprint density at radius 1 is 1.43 bits per heavy atom. The molecule has 1 aromatic rings. The second-order valence-corrected chi connectivity index (χ2v) is 4.47. The summed E-state index contributed by atoms with van der Waals surface area (Å²) < 4.78 is 13.7. The predicted molar refractivity (Wildman–Crippen MR) is 61.0 cm³/mol. The van der Waals surface area contributed by atoms with Crippen molar-refractivity contribution < 1.29 is 9.18 Å². The van der Waals surface area contributed by atoms with E-state index in [-0.39, 0.29) is 11.6 Å². The van der Waals surface area contributed by atoms with Crippen molar-refractivity contribution in [3.8, 4) is 0 Å². The van der Waals surface area contributed by atoms with E-state index < -0.39 is 0 Å². The van der Waals surface area contributed by atoms with E-state index in [2.05, 4.69) is 22.6 Å². The Morgan fingerprint density at radius 2 is 2.21 bits per heavy atom. The second-order valence-electron chi connectivity index (χ2n) is 3.31. The zero-order chi connectivity index (χ0) is 10.1. The van der Waals surface area contributed by atoms with Gasteiger partial charge in [-0.05, 0) is 40.8 Å². The summed E-state index contributed by atoms with van der Waals surface area (Å²) >= 11 is 2.09. The van der Waals surface area contributed by atoms with E-state index in [1.807, 2.05) is 4.90 Å². The number of halogens is 2. The molecule has 1 aromatic carbocycles. The first-order valence-corrected chi connectivity index (χ1v) is 5.46. The summed E-state index contributed by atoms with van der Waals surface area (Å²) in [7, 11) is 0. The zero-order valence-corrected chi connectivity index (χ0v) is 9.62. The lowest BCUT2D eigenvalue weighted by atomic mass is 10.3. The molecule has 4 heteroatoms. The average molecular weight is 305 g/mol. The van der Waals surface area contributed by atoms with Crippen molar-refractivity contribution in [2.24, 2.45) is 0 Å². The molecule has 2 nitrogen and oxygen atoms in total. The Kier molecular flexibility index (Phi) is 2.71. The molecule has 14 heavy (non-hydrogen) atoms. The van der Waals surface area contributed by atoms with E-state index in [4.69, 9.17) is 0 Å². The van der Waals surface area contributed by atoms with Crippen LogP contribution in [0.5, 0.6) is 0 Å². The third-order valence-electron chi connectivity index (χ3n) is 2.28. The molecule has 1 fully saturated rings. The van der Waals surface area contributed by atoms with Gasteiger partial charge in [0.1, 0.15) is 5.82 Å². The van der Waals surface area contributed by atoms with E-state index >= 15 is 0 Å². The molecule has 1 heterocycles. The summed E-state index contributed by atoms with van der Waals surface area (Å²) in [5.41, 5.74) is 0.956. The first-order valence-electron chi connectivity index (χ1n) is 4.38. The number of benzene rings is 1. The van der Waals surface area contributed by atoms with Crippen molar-refractivity contribution >= 4 is 34.1 Å². The van der Waals surface area contributed by atoms with Crippen molar-refractivity contribution in [1.82, 2.24) is 0 Å². The number of rotatable bonds is 1. The van der Waals surface area contributed by atoms with Gasteiger partial charge in [-0.15, -0.1) is 0 Å². The largest absolute Gasteiger partial charge is 0.363 e. The monoisotopic (exact) mass is 305 g/mol. The molecule has 0 unspecified atom stereocenters. The highest BCUT2D eigenvalue weighted by Gasteiger charge is 2.21. The van der Waals surface area contributed by atoms with E-state index in [1.165, 1.54) is 12.1 Å². The second kappa shape index (κ2) is 3.84. The van der Waals surface area contributed by atoms with Crippen LogP contribution in [0, 0.1) is 9.39 Å². The summed E-state index contributed by atoms with van der Waals surface area (Å²) in [6, 6.07) is 4.65. The number of hydrogen-bond donors (Lipinski definition) is 0. The lowest BCUT2D eigenvalue weighted by molar-refractivity contribution is -0.116. The summed E-state index contributed by atoms with van der Waals surface area (Å²) in [4.78, 5) is 13.1. The van der Waals surface area contributed by atoms with Crippen LogP contribution < -0.4 is 4.90 Å². The molecule has 0 radical (unpaired) electrons. The Labute approximate surface area is 95.2 Å². The van der Waals surface area contributed by atoms with Crippen molar-refractivity contribution in [2.45, 2.75) is 6.42 Å². The van der Waals surface area contributed by atoms with Crippen LogP contribution in [0.3, 0.4) is 0 Å². The van der Waals surface area contributed by atoms with Gasteiger partial charge in [0.25, 0.3) is 0 Å². The molecule has 0 amide bonds. The molecule has 0 N–H and O–H groups in total. The number of anilines is 1. The topological polar surface area (TPSA) is 20.3 Å². The maximum absolute atomic E-state index is 12.8. The first-order chi connectivity index (χ1) is 6.66. The molecule has 1 saturated heterocycles. The van der Waals surface area contributed by atoms with Crippen LogP contribution in [-0.2, 0) is 4.79 Å². The minimum Gasteiger partial charge on any atom is -0.363 e. The molecule has 1 aliphatic rings. The number of carbonyl (C=O) groups excluding carboxylic acids is 1. The van der Waals surface area contributed by atoms with Crippen molar-refractivity contribution in [2.75, 3.05) is 18.0 Å². The van der Waals surface area contributed by atoms with Crippen LogP contribution in [-0.4, -0.2) is 18.9 Å². The Hall–Kier alpha value is -0.650. The van der Waals surface area contributed by atoms with Gasteiger partial charge < -0.3 is 4.90 Å². The summed E-state index contributed by atoms with van der Waals surface area (Å²) in [5.74, 6) is 0.0220. The van der Waals surface area contributed by atoms with Crippen LogP contribution >= 0.6 is 22.6 Å². The molecule has 0 atom stereocenters. The highest BCUT2D eigenvalue weighted by Crippen LogP contribution is 2.25. The van der Waals surface area contributed by atoms with Gasteiger partial charge in [-0.25, -0.2) is 4.39 Å². The molecule has 1 aliphatic heterocycles. The van der Waals surface area contributed by atoms with Gasteiger partial charge in [-0.2, -0.15) is 0 Å². The third kappa shape index (κ3) is 1.89. The van der Waals surface area contributed by atoms with Gasteiger partial charge in [-0.3, -0.25) is 4.79 Å². The molecular weight excluding hydrogens is 296 g/mol. The van der Waals surface area contributed by atoms with E-state index in [1.54, 1.807) is 6.07 Å². The van der Waals surface area contributed by atoms with Gasteiger partial charge in [-0.1, -0.05) is 0 Å². The van der Waals surface area contributed by atoms with Crippen LogP contribution in [0.25, 0.3) is 0 Å². The van der Waals surface area contributed by atoms with Crippen molar-refractivity contribution in [1.29, 1.82) is 0 Å². The van der Waals surface area contributed by atoms with Crippen LogP contribution in [0.2, 0.25) is 0 Å². The van der Waals surface area contributed by atoms with Gasteiger partial charge in [0.05, 0.1) is 12.2 Å². The Bertz CT molecular complexity index is 380. The maximum atomic E-state index is 12.8. The molecule has 0 saturated carbocycles. The quantitative estimate of drug-likeness (QED) is 0.742. The van der Waals surface area contributed by atoms with E-state index in [9.17, 15) is 9.18 Å². The minimum absolute atomic E-state index is 0.233. The summed E-state index contributed by atoms with van der Waals surface area (Å²) in [6.07, 6.45) is 0.605. The smallest absolute Gasteiger partial charge is 0.153 e. The lowest BCUT2D eigenvalue weighted by Gasteiger charge is -2.18. The number of nitrogens with zero attached hydrogens (tertiary/aromatic N) is 1. The Morgan fingerprint density at radius 3 is 2.79 bits per heavy atom. The van der Waals surface area contributed by atoms with E-state index in [0.717, 1.165) is 15.8 Å². The normalized spacial score (nSPS) is 16.4. The molecule has 0 aromatic heterocycles. The van der Waals surface area contributed by atoms with Crippen molar-refractivity contribution in [3.63, 3.8) is 0 Å². The molecule has 74 valence electrons. The SMILES string of the molecule is O=C1CCN(c2ccc(F)cc2I)C1. The number of hydrogen-bond acceptors (Lipinski definition) is 2. The predicted octanol–water partition coefficient (Wildman–Crippen LogP) is 2.21. The fourth-order valence-electron chi connectivity index (χ4n) is 1.57. The van der Waals surface area contributed by atoms with Crippen LogP contribution in [0.15, 0.2) is 18.2 Å². The highest BCUT2D eigenvalue weighted by molar-refractivity contribution is 14.1. The lowest BCUT2D eigenvalue weighted by Crippen LogP contribution is -2.20. The number of Topliss-reactive ketones (excluding diaryl/α,β-unsaturated/α-hetero) is 1. The third-order valence-corrected chi connectivity index (χ3v) is 3.14.